The molecule has 12 aromatic rings. The van der Waals surface area contributed by atoms with Crippen LogP contribution in [-0.2, 0) is 5.41 Å². The van der Waals surface area contributed by atoms with Gasteiger partial charge in [0.15, 0.2) is 0 Å². The highest BCUT2D eigenvalue weighted by Gasteiger charge is 2.51. The van der Waals surface area contributed by atoms with Crippen molar-refractivity contribution in [1.29, 1.82) is 0 Å². The number of fused-ring (bicyclic) bond motifs is 16. The van der Waals surface area contributed by atoms with Crippen molar-refractivity contribution < 1.29 is 4.74 Å². The Labute approximate surface area is 368 Å². The number of aromatic nitrogens is 4. The van der Waals surface area contributed by atoms with E-state index in [1.807, 2.05) is 0 Å². The van der Waals surface area contributed by atoms with Crippen molar-refractivity contribution >= 4 is 43.6 Å². The van der Waals surface area contributed by atoms with Crippen LogP contribution in [0.4, 0.5) is 0 Å². The number of hydrogen-bond acceptors (Lipinski definition) is 3. The third-order valence-electron chi connectivity index (χ3n) is 13.6. The zero-order valence-electron chi connectivity index (χ0n) is 34.5. The zero-order valence-corrected chi connectivity index (χ0v) is 34.5. The van der Waals surface area contributed by atoms with E-state index in [4.69, 9.17) is 14.7 Å². The lowest BCUT2D eigenvalue weighted by Gasteiger charge is -2.39. The summed E-state index contributed by atoms with van der Waals surface area (Å²) in [5, 5.41) is 4.64. The fourth-order valence-corrected chi connectivity index (χ4v) is 11.0. The summed E-state index contributed by atoms with van der Waals surface area (Å²) < 4.78 is 11.5. The Balaban J connectivity index is 1.07. The summed E-state index contributed by atoms with van der Waals surface area (Å²) in [7, 11) is 0. The first-order valence-electron chi connectivity index (χ1n) is 21.8. The lowest BCUT2D eigenvalue weighted by atomic mass is 9.66. The van der Waals surface area contributed by atoms with Crippen LogP contribution in [0.3, 0.4) is 0 Å². The third-order valence-corrected chi connectivity index (χ3v) is 13.6. The summed E-state index contributed by atoms with van der Waals surface area (Å²) in [4.78, 5) is 11.1. The van der Waals surface area contributed by atoms with Gasteiger partial charge in [-0.2, -0.15) is 0 Å². The van der Waals surface area contributed by atoms with Gasteiger partial charge in [-0.05, 0) is 82.9 Å². The summed E-state index contributed by atoms with van der Waals surface area (Å²) in [6.07, 6.45) is 0. The molecule has 0 saturated heterocycles. The van der Waals surface area contributed by atoms with Crippen molar-refractivity contribution in [3.63, 3.8) is 0 Å². The monoisotopic (exact) mass is 816 g/mol. The molecule has 1 aliphatic carbocycles. The van der Waals surface area contributed by atoms with Gasteiger partial charge in [-0.1, -0.05) is 158 Å². The molecule has 0 saturated carbocycles. The van der Waals surface area contributed by atoms with Crippen molar-refractivity contribution in [3.8, 4) is 56.8 Å². The van der Waals surface area contributed by atoms with Crippen molar-refractivity contribution in [1.82, 2.24) is 19.1 Å². The Bertz CT molecular complexity index is 3840. The summed E-state index contributed by atoms with van der Waals surface area (Å²) in [6.45, 7) is 0. The summed E-state index contributed by atoms with van der Waals surface area (Å²) in [5.41, 5.74) is 15.8. The topological polar surface area (TPSA) is 44.9 Å². The number of benzene rings is 9. The molecule has 9 aromatic carbocycles. The molecule has 4 heterocycles. The molecule has 0 atom stereocenters. The first-order valence-corrected chi connectivity index (χ1v) is 21.8. The minimum Gasteiger partial charge on any atom is -0.457 e. The summed E-state index contributed by atoms with van der Waals surface area (Å²) in [5.74, 6) is 2.32. The lowest BCUT2D eigenvalue weighted by Crippen LogP contribution is -2.32. The quantitative estimate of drug-likeness (QED) is 0.178. The third kappa shape index (κ3) is 4.72. The molecule has 5 nitrogen and oxygen atoms in total. The molecule has 0 bridgehead atoms. The van der Waals surface area contributed by atoms with Crippen LogP contribution in [0.2, 0.25) is 0 Å². The van der Waals surface area contributed by atoms with E-state index in [2.05, 4.69) is 228 Å². The molecule has 298 valence electrons. The van der Waals surface area contributed by atoms with Crippen LogP contribution < -0.4 is 4.74 Å². The Hall–Kier alpha value is -8.54. The normalized spacial score (nSPS) is 13.2. The van der Waals surface area contributed by atoms with Gasteiger partial charge in [0.05, 0.1) is 38.9 Å². The van der Waals surface area contributed by atoms with Gasteiger partial charge in [0.2, 0.25) is 5.95 Å². The molecule has 64 heavy (non-hydrogen) atoms. The molecular formula is C59H36N4O. The maximum atomic E-state index is 6.83. The van der Waals surface area contributed by atoms with Crippen LogP contribution >= 0.6 is 0 Å². The minimum absolute atomic E-state index is 0.600. The lowest BCUT2D eigenvalue weighted by molar-refractivity contribution is 0.436. The average molecular weight is 817 g/mol. The molecule has 5 heteroatoms. The van der Waals surface area contributed by atoms with Gasteiger partial charge in [0, 0.05) is 49.5 Å². The molecule has 3 aromatic heterocycles. The second-order valence-electron chi connectivity index (χ2n) is 16.9. The van der Waals surface area contributed by atoms with Gasteiger partial charge >= 0.3 is 0 Å². The molecule has 0 unspecified atom stereocenters. The van der Waals surface area contributed by atoms with Crippen molar-refractivity contribution in [3.05, 3.63) is 241 Å². The number of ether oxygens (including phenoxy) is 1. The van der Waals surface area contributed by atoms with E-state index in [0.29, 0.717) is 5.95 Å². The molecule has 0 fully saturated rings. The predicted molar refractivity (Wildman–Crippen MR) is 259 cm³/mol. The smallest absolute Gasteiger partial charge is 0.235 e. The van der Waals surface area contributed by atoms with E-state index < -0.39 is 5.41 Å². The van der Waals surface area contributed by atoms with E-state index in [-0.39, 0.29) is 0 Å². The highest BCUT2D eigenvalue weighted by molar-refractivity contribution is 6.26. The van der Waals surface area contributed by atoms with Gasteiger partial charge in [-0.3, -0.25) is 4.57 Å². The van der Waals surface area contributed by atoms with Crippen LogP contribution in [0.15, 0.2) is 218 Å². The summed E-state index contributed by atoms with van der Waals surface area (Å²) >= 11 is 0. The van der Waals surface area contributed by atoms with Crippen LogP contribution in [0.25, 0.3) is 88.9 Å². The average Bonchev–Trinajstić information content (AvgIpc) is 3.99. The van der Waals surface area contributed by atoms with E-state index in [0.717, 1.165) is 89.1 Å². The first-order chi connectivity index (χ1) is 31.8. The molecule has 14 rings (SSSR count). The number of rotatable bonds is 4. The Morgan fingerprint density at radius 1 is 0.375 bits per heavy atom. The number of nitrogens with zero attached hydrogens (tertiary/aromatic N) is 4. The fraction of sp³-hybridized carbons (Fsp3) is 0.0169. The van der Waals surface area contributed by atoms with Crippen molar-refractivity contribution in [2.24, 2.45) is 0 Å². The molecule has 1 aliphatic heterocycles. The van der Waals surface area contributed by atoms with Gasteiger partial charge in [0.25, 0.3) is 0 Å². The second-order valence-corrected chi connectivity index (χ2v) is 16.9. The largest absolute Gasteiger partial charge is 0.457 e. The second kappa shape index (κ2) is 13.2. The maximum absolute atomic E-state index is 6.83. The Morgan fingerprint density at radius 3 is 1.70 bits per heavy atom. The van der Waals surface area contributed by atoms with Gasteiger partial charge in [0.1, 0.15) is 11.5 Å². The number of hydrogen-bond donors (Lipinski definition) is 0. The van der Waals surface area contributed by atoms with E-state index >= 15 is 0 Å². The highest BCUT2D eigenvalue weighted by Crippen LogP contribution is 2.62. The van der Waals surface area contributed by atoms with Crippen LogP contribution in [0, 0.1) is 0 Å². The minimum atomic E-state index is -0.600. The molecule has 1 spiro atoms. The predicted octanol–water partition coefficient (Wildman–Crippen LogP) is 14.5. The Morgan fingerprint density at radius 2 is 0.953 bits per heavy atom. The SMILES string of the molecule is c1ccc(-c2cc(-c3ccc4c(c3)C3(c5ccccc5O4)c4ccccc4-c4ccccc43)nc(-n3c4ccccc4c4ccc5c(c6ccccc6n5-c5ccccc5)c43)n2)cc1. The summed E-state index contributed by atoms with van der Waals surface area (Å²) in [6, 6.07) is 78.0. The van der Waals surface area contributed by atoms with E-state index in [1.54, 1.807) is 0 Å². The van der Waals surface area contributed by atoms with Crippen LogP contribution in [0.5, 0.6) is 11.5 Å². The molecule has 0 radical (unpaired) electrons. The van der Waals surface area contributed by atoms with Gasteiger partial charge in [-0.25, -0.2) is 9.97 Å². The van der Waals surface area contributed by atoms with Crippen LogP contribution in [-0.4, -0.2) is 19.1 Å². The molecule has 2 aliphatic rings. The standard InChI is InChI=1S/C59H36N4O/c1-3-17-37(18-4-1)49-36-50(38-31-34-55-48(35-38)59(47-27-13-16-30-54(47)64-55)45-25-11-7-21-40(45)41-22-8-12-26-46(41)59)61-58(60-49)63-51-28-14-9-23-42(51)43-32-33-53-56(57(43)63)44-24-10-15-29-52(44)62(53)39-19-5-2-6-20-39/h1-36H. The van der Waals surface area contributed by atoms with Gasteiger partial charge < -0.3 is 9.30 Å². The Kier molecular flexibility index (Phi) is 7.26. The van der Waals surface area contributed by atoms with Crippen molar-refractivity contribution in [2.75, 3.05) is 0 Å². The molecule has 0 N–H and O–H groups in total. The zero-order chi connectivity index (χ0) is 41.9. The number of para-hydroxylation sites is 4. The van der Waals surface area contributed by atoms with E-state index in [1.165, 1.54) is 27.6 Å². The van der Waals surface area contributed by atoms with Crippen LogP contribution in [0.1, 0.15) is 22.3 Å². The highest BCUT2D eigenvalue weighted by atomic mass is 16.5. The van der Waals surface area contributed by atoms with E-state index in [9.17, 15) is 0 Å². The van der Waals surface area contributed by atoms with Gasteiger partial charge in [-0.15, -0.1) is 0 Å². The maximum Gasteiger partial charge on any atom is 0.235 e. The molecular weight excluding hydrogens is 781 g/mol. The first kappa shape index (κ1) is 35.1. The fourth-order valence-electron chi connectivity index (χ4n) is 11.0. The van der Waals surface area contributed by atoms with Crippen molar-refractivity contribution in [2.45, 2.75) is 5.41 Å². The molecule has 0 amide bonds.